The summed E-state index contributed by atoms with van der Waals surface area (Å²) in [4.78, 5) is 28.9. The second-order valence-corrected chi connectivity index (χ2v) is 3.98. The number of methoxy groups -OCH3 is 1. The fraction of sp³-hybridized carbons (Fsp3) is 0.154. The molecule has 0 atom stereocenters. The van der Waals surface area contributed by atoms with E-state index in [1.54, 1.807) is 19.1 Å². The monoisotopic (exact) mass is 276 g/mol. The normalized spacial score (nSPS) is 10.1. The molecular formula is C13H12N2O5. The Kier molecular flexibility index (Phi) is 3.69. The number of aromatic amines is 1. The van der Waals surface area contributed by atoms with Gasteiger partial charge in [0, 0.05) is 0 Å². The van der Waals surface area contributed by atoms with E-state index in [0.717, 1.165) is 11.9 Å². The number of carboxylic acids is 1. The molecule has 0 saturated carbocycles. The molecule has 7 nitrogen and oxygen atoms in total. The van der Waals surface area contributed by atoms with Crippen molar-refractivity contribution in [2.75, 3.05) is 7.11 Å². The molecule has 7 heteroatoms. The van der Waals surface area contributed by atoms with Gasteiger partial charge in [0.1, 0.15) is 11.3 Å². The molecule has 0 spiro atoms. The van der Waals surface area contributed by atoms with Crippen molar-refractivity contribution in [1.82, 2.24) is 9.97 Å². The summed E-state index contributed by atoms with van der Waals surface area (Å²) in [6, 6.07) is 4.62. The molecule has 0 radical (unpaired) electrons. The van der Waals surface area contributed by atoms with Gasteiger partial charge in [-0.05, 0) is 24.6 Å². The third kappa shape index (κ3) is 2.61. The summed E-state index contributed by atoms with van der Waals surface area (Å²) < 4.78 is 10.3. The van der Waals surface area contributed by atoms with Crippen molar-refractivity contribution >= 4 is 5.97 Å². The van der Waals surface area contributed by atoms with Gasteiger partial charge in [0.05, 0.1) is 13.4 Å². The van der Waals surface area contributed by atoms with E-state index in [2.05, 4.69) is 9.97 Å². The van der Waals surface area contributed by atoms with Gasteiger partial charge in [0.2, 0.25) is 5.75 Å². The van der Waals surface area contributed by atoms with E-state index in [-0.39, 0.29) is 22.9 Å². The summed E-state index contributed by atoms with van der Waals surface area (Å²) in [5, 5.41) is 9.12. The van der Waals surface area contributed by atoms with Crippen molar-refractivity contribution in [2.24, 2.45) is 0 Å². The molecule has 1 aromatic carbocycles. The third-order valence-corrected chi connectivity index (χ3v) is 2.56. The summed E-state index contributed by atoms with van der Waals surface area (Å²) >= 11 is 0. The minimum Gasteiger partial charge on any atom is -0.487 e. The molecule has 0 unspecified atom stereocenters. The Bertz CT molecular complexity index is 708. The second kappa shape index (κ2) is 5.43. The van der Waals surface area contributed by atoms with E-state index in [0.29, 0.717) is 0 Å². The van der Waals surface area contributed by atoms with Crippen LogP contribution in [0.25, 0.3) is 0 Å². The molecule has 2 rings (SSSR count). The number of carbonyl (C=O) groups is 1. The first-order valence-corrected chi connectivity index (χ1v) is 5.66. The standard InChI is InChI=1S/C13H12N2O5/c1-7-3-4-8(13(17)18)9(5-7)20-12-10(19-2)11(16)14-6-15-12/h3-6H,1-2H3,(H,17,18)(H,14,15,16). The lowest BCUT2D eigenvalue weighted by Crippen LogP contribution is -2.11. The number of carboxylic acid groups (broad SMARTS) is 1. The molecule has 0 saturated heterocycles. The van der Waals surface area contributed by atoms with E-state index in [1.165, 1.54) is 13.2 Å². The van der Waals surface area contributed by atoms with Gasteiger partial charge in [0.25, 0.3) is 11.4 Å². The highest BCUT2D eigenvalue weighted by atomic mass is 16.5. The maximum absolute atomic E-state index is 11.5. The van der Waals surface area contributed by atoms with Crippen LogP contribution in [0.3, 0.4) is 0 Å². The number of hydrogen-bond donors (Lipinski definition) is 2. The van der Waals surface area contributed by atoms with E-state index in [9.17, 15) is 9.59 Å². The van der Waals surface area contributed by atoms with Gasteiger partial charge in [-0.3, -0.25) is 4.79 Å². The number of aryl methyl sites for hydroxylation is 1. The van der Waals surface area contributed by atoms with E-state index >= 15 is 0 Å². The van der Waals surface area contributed by atoms with Crippen LogP contribution in [0.4, 0.5) is 0 Å². The van der Waals surface area contributed by atoms with Crippen molar-refractivity contribution in [3.8, 4) is 17.4 Å². The van der Waals surface area contributed by atoms with Gasteiger partial charge >= 0.3 is 5.97 Å². The molecule has 20 heavy (non-hydrogen) atoms. The minimum absolute atomic E-state index is 0.0280. The van der Waals surface area contributed by atoms with E-state index in [1.807, 2.05) is 0 Å². The summed E-state index contributed by atoms with van der Waals surface area (Å²) in [5.74, 6) is -1.26. The van der Waals surface area contributed by atoms with Crippen LogP contribution in [0, 0.1) is 6.92 Å². The average molecular weight is 276 g/mol. The summed E-state index contributed by atoms with van der Waals surface area (Å²) in [6.07, 6.45) is 1.15. The molecule has 0 aliphatic carbocycles. The number of nitrogens with one attached hydrogen (secondary N) is 1. The molecule has 1 heterocycles. The number of aromatic carboxylic acids is 1. The smallest absolute Gasteiger partial charge is 0.339 e. The van der Waals surface area contributed by atoms with Gasteiger partial charge in [0.15, 0.2) is 0 Å². The Balaban J connectivity index is 2.50. The van der Waals surface area contributed by atoms with Crippen LogP contribution >= 0.6 is 0 Å². The zero-order valence-corrected chi connectivity index (χ0v) is 10.8. The minimum atomic E-state index is -1.14. The maximum Gasteiger partial charge on any atom is 0.339 e. The van der Waals surface area contributed by atoms with Crippen LogP contribution in [0.15, 0.2) is 29.3 Å². The molecule has 2 N–H and O–H groups in total. The molecule has 0 bridgehead atoms. The van der Waals surface area contributed by atoms with Crippen molar-refractivity contribution in [3.63, 3.8) is 0 Å². The fourth-order valence-electron chi connectivity index (χ4n) is 1.62. The lowest BCUT2D eigenvalue weighted by molar-refractivity contribution is 0.0694. The largest absolute Gasteiger partial charge is 0.487 e. The summed E-state index contributed by atoms with van der Waals surface area (Å²) in [5.41, 5.74) is 0.274. The van der Waals surface area contributed by atoms with Crippen molar-refractivity contribution in [3.05, 3.63) is 46.0 Å². The van der Waals surface area contributed by atoms with Crippen LogP contribution in [0.5, 0.6) is 17.4 Å². The Morgan fingerprint density at radius 3 is 2.80 bits per heavy atom. The van der Waals surface area contributed by atoms with Gasteiger partial charge < -0.3 is 19.6 Å². The zero-order chi connectivity index (χ0) is 14.7. The predicted octanol–water partition coefficient (Wildman–Crippen LogP) is 1.58. The number of aromatic nitrogens is 2. The number of rotatable bonds is 4. The Morgan fingerprint density at radius 2 is 2.15 bits per heavy atom. The Labute approximate surface area is 113 Å². The molecular weight excluding hydrogens is 264 g/mol. The zero-order valence-electron chi connectivity index (χ0n) is 10.8. The quantitative estimate of drug-likeness (QED) is 0.879. The number of benzene rings is 1. The second-order valence-electron chi connectivity index (χ2n) is 3.98. The molecule has 2 aromatic rings. The molecule has 0 fully saturated rings. The summed E-state index contributed by atoms with van der Waals surface area (Å²) in [6.45, 7) is 1.79. The van der Waals surface area contributed by atoms with Crippen LogP contribution in [0.2, 0.25) is 0 Å². The van der Waals surface area contributed by atoms with Gasteiger partial charge in [-0.15, -0.1) is 0 Å². The van der Waals surface area contributed by atoms with Crippen molar-refractivity contribution < 1.29 is 19.4 Å². The van der Waals surface area contributed by atoms with Crippen molar-refractivity contribution in [2.45, 2.75) is 6.92 Å². The number of hydrogen-bond acceptors (Lipinski definition) is 5. The van der Waals surface area contributed by atoms with Gasteiger partial charge in [-0.1, -0.05) is 6.07 Å². The van der Waals surface area contributed by atoms with Crippen LogP contribution in [-0.4, -0.2) is 28.2 Å². The van der Waals surface area contributed by atoms with Gasteiger partial charge in [-0.2, -0.15) is 0 Å². The fourth-order valence-corrected chi connectivity index (χ4v) is 1.62. The van der Waals surface area contributed by atoms with Crippen molar-refractivity contribution in [1.29, 1.82) is 0 Å². The van der Waals surface area contributed by atoms with E-state index in [4.69, 9.17) is 14.6 Å². The molecule has 0 aliphatic rings. The Morgan fingerprint density at radius 1 is 1.40 bits per heavy atom. The maximum atomic E-state index is 11.5. The first kappa shape index (κ1) is 13.6. The third-order valence-electron chi connectivity index (χ3n) is 2.56. The molecule has 0 aliphatic heterocycles. The van der Waals surface area contributed by atoms with E-state index < -0.39 is 11.5 Å². The van der Waals surface area contributed by atoms with Crippen LogP contribution in [-0.2, 0) is 0 Å². The average Bonchev–Trinajstić information content (AvgIpc) is 2.38. The SMILES string of the molecule is COc1c(Oc2cc(C)ccc2C(=O)O)nc[nH]c1=O. The summed E-state index contributed by atoms with van der Waals surface area (Å²) in [7, 11) is 1.30. The lowest BCUT2D eigenvalue weighted by atomic mass is 10.1. The first-order chi connectivity index (χ1) is 9.52. The molecule has 0 amide bonds. The van der Waals surface area contributed by atoms with Crippen LogP contribution < -0.4 is 15.0 Å². The lowest BCUT2D eigenvalue weighted by Gasteiger charge is -2.10. The number of nitrogens with zero attached hydrogens (tertiary/aromatic N) is 1. The van der Waals surface area contributed by atoms with Crippen LogP contribution in [0.1, 0.15) is 15.9 Å². The highest BCUT2D eigenvalue weighted by Gasteiger charge is 2.16. The molecule has 1 aromatic heterocycles. The highest BCUT2D eigenvalue weighted by Crippen LogP contribution is 2.29. The van der Waals surface area contributed by atoms with Gasteiger partial charge in [-0.25, -0.2) is 9.78 Å². The topological polar surface area (TPSA) is 102 Å². The first-order valence-electron chi connectivity index (χ1n) is 5.66. The molecule has 104 valence electrons. The number of ether oxygens (including phenoxy) is 2. The predicted molar refractivity (Wildman–Crippen MR) is 69.6 cm³/mol. The Hall–Kier alpha value is -2.83. The number of H-pyrrole nitrogens is 1. The highest BCUT2D eigenvalue weighted by molar-refractivity contribution is 5.91.